The average molecular weight is 421 g/mol. The van der Waals surface area contributed by atoms with Crippen LogP contribution in [0.1, 0.15) is 16.7 Å². The Hall–Kier alpha value is -3.19. The van der Waals surface area contributed by atoms with Gasteiger partial charge in [-0.25, -0.2) is 0 Å². The van der Waals surface area contributed by atoms with Gasteiger partial charge in [-0.05, 0) is 60.0 Å². The molecular weight excluding hydrogens is 405 g/mol. The molecule has 3 aromatic rings. The Morgan fingerprint density at radius 1 is 0.966 bits per heavy atom. The van der Waals surface area contributed by atoms with Crippen LogP contribution in [0, 0.1) is 6.92 Å². The van der Waals surface area contributed by atoms with E-state index in [0.717, 1.165) is 17.7 Å². The summed E-state index contributed by atoms with van der Waals surface area (Å²) in [5, 5.41) is 22.1. The zero-order valence-electron chi connectivity index (χ0n) is 15.1. The van der Waals surface area contributed by atoms with Gasteiger partial charge < -0.3 is 16.0 Å². The molecule has 0 radical (unpaired) electrons. The first kappa shape index (κ1) is 20.5. The van der Waals surface area contributed by atoms with E-state index >= 15 is 0 Å². The minimum Gasteiger partial charge on any atom is -0.507 e. The number of rotatable bonds is 3. The van der Waals surface area contributed by atoms with Gasteiger partial charge in [0.25, 0.3) is 0 Å². The molecule has 0 atom stereocenters. The van der Waals surface area contributed by atoms with Gasteiger partial charge in [-0.1, -0.05) is 40.5 Å². The maximum absolute atomic E-state index is 13.3. The Balaban J connectivity index is 2.33. The van der Waals surface area contributed by atoms with Crippen LogP contribution in [0.4, 0.5) is 13.2 Å². The number of phenolic OH excluding ortho intramolecular Hbond substituents is 1. The molecule has 3 aromatic carbocycles. The molecule has 0 aliphatic heterocycles. The highest BCUT2D eigenvalue weighted by atomic mass is 35.5. The van der Waals surface area contributed by atoms with Gasteiger partial charge in [0.15, 0.2) is 5.84 Å². The lowest BCUT2D eigenvalue weighted by atomic mass is 9.91. The summed E-state index contributed by atoms with van der Waals surface area (Å²) in [4.78, 5) is 0. The quantitative estimate of drug-likeness (QED) is 0.217. The highest BCUT2D eigenvalue weighted by Gasteiger charge is 2.31. The van der Waals surface area contributed by atoms with Crippen molar-refractivity contribution in [3.05, 3.63) is 76.3 Å². The zero-order valence-corrected chi connectivity index (χ0v) is 15.9. The van der Waals surface area contributed by atoms with Gasteiger partial charge in [0.1, 0.15) is 5.75 Å². The van der Waals surface area contributed by atoms with Crippen LogP contribution in [0.15, 0.2) is 59.8 Å². The van der Waals surface area contributed by atoms with Crippen molar-refractivity contribution in [1.82, 2.24) is 0 Å². The van der Waals surface area contributed by atoms with E-state index in [0.29, 0.717) is 21.7 Å². The van der Waals surface area contributed by atoms with Crippen LogP contribution < -0.4 is 5.73 Å². The third-order valence-corrected chi connectivity index (χ3v) is 4.78. The normalized spacial score (nSPS) is 12.2. The summed E-state index contributed by atoms with van der Waals surface area (Å²) >= 11 is 6.31. The fourth-order valence-electron chi connectivity index (χ4n) is 3.00. The first-order valence-electron chi connectivity index (χ1n) is 8.41. The van der Waals surface area contributed by atoms with Crippen LogP contribution >= 0.6 is 11.6 Å². The summed E-state index contributed by atoms with van der Waals surface area (Å²) in [7, 11) is 0. The fraction of sp³-hybridized carbons (Fsp3) is 0.0952. The van der Waals surface area contributed by atoms with Crippen LogP contribution in [0.5, 0.6) is 5.75 Å². The Bertz CT molecular complexity index is 1110. The van der Waals surface area contributed by atoms with Gasteiger partial charge in [0.05, 0.1) is 11.1 Å². The van der Waals surface area contributed by atoms with Gasteiger partial charge >= 0.3 is 6.18 Å². The summed E-state index contributed by atoms with van der Waals surface area (Å²) < 4.78 is 40.0. The summed E-state index contributed by atoms with van der Waals surface area (Å²) in [6, 6.07) is 12.7. The number of oxime groups is 1. The molecule has 0 bridgehead atoms. The summed E-state index contributed by atoms with van der Waals surface area (Å²) in [5.41, 5.74) is 7.23. The smallest absolute Gasteiger partial charge is 0.416 e. The maximum Gasteiger partial charge on any atom is 0.416 e. The molecule has 0 aliphatic rings. The Kier molecular flexibility index (Phi) is 5.44. The molecular formula is C21H16ClF3N2O2. The van der Waals surface area contributed by atoms with E-state index in [1.54, 1.807) is 18.2 Å². The maximum atomic E-state index is 13.3. The second kappa shape index (κ2) is 7.67. The number of aromatic hydroxyl groups is 1. The van der Waals surface area contributed by atoms with E-state index in [1.165, 1.54) is 24.3 Å². The first-order chi connectivity index (χ1) is 13.6. The minimum absolute atomic E-state index is 0.0105. The predicted molar refractivity (Wildman–Crippen MR) is 106 cm³/mol. The first-order valence-corrected chi connectivity index (χ1v) is 8.78. The van der Waals surface area contributed by atoms with Crippen molar-refractivity contribution < 1.29 is 23.5 Å². The zero-order chi connectivity index (χ0) is 21.3. The van der Waals surface area contributed by atoms with E-state index in [9.17, 15) is 18.3 Å². The second-order valence-electron chi connectivity index (χ2n) is 6.46. The minimum atomic E-state index is -4.55. The summed E-state index contributed by atoms with van der Waals surface area (Å²) in [6.45, 7) is 1.85. The number of aryl methyl sites for hydroxylation is 1. The van der Waals surface area contributed by atoms with Crippen LogP contribution in [0.2, 0.25) is 5.02 Å². The van der Waals surface area contributed by atoms with Gasteiger partial charge in [-0.3, -0.25) is 0 Å². The van der Waals surface area contributed by atoms with Gasteiger partial charge in [0.2, 0.25) is 0 Å². The third kappa shape index (κ3) is 4.14. The summed E-state index contributed by atoms with van der Waals surface area (Å²) in [5.74, 6) is -0.641. The Labute approximate surface area is 169 Å². The lowest BCUT2D eigenvalue weighted by molar-refractivity contribution is -0.137. The van der Waals surface area contributed by atoms with Crippen LogP contribution in [-0.2, 0) is 6.18 Å². The number of nitrogens with zero attached hydrogens (tertiary/aromatic N) is 1. The van der Waals surface area contributed by atoms with E-state index in [4.69, 9.17) is 22.5 Å². The number of amidine groups is 1. The molecule has 8 heteroatoms. The second-order valence-corrected chi connectivity index (χ2v) is 6.87. The Morgan fingerprint density at radius 2 is 1.69 bits per heavy atom. The van der Waals surface area contributed by atoms with Crippen molar-refractivity contribution >= 4 is 17.4 Å². The molecule has 0 saturated carbocycles. The highest BCUT2D eigenvalue weighted by Crippen LogP contribution is 2.41. The SMILES string of the molecule is Cc1ccc(Cl)c(-c2ccc(C(F)(F)F)cc2-c2ccc(O)c(C(N)=NO)c2)c1. The van der Waals surface area contributed by atoms with Crippen LogP contribution in [0.3, 0.4) is 0 Å². The van der Waals surface area contributed by atoms with Gasteiger partial charge in [0, 0.05) is 10.6 Å². The van der Waals surface area contributed by atoms with E-state index in [-0.39, 0.29) is 22.7 Å². The van der Waals surface area contributed by atoms with E-state index in [2.05, 4.69) is 5.16 Å². The van der Waals surface area contributed by atoms with Crippen LogP contribution in [0.25, 0.3) is 22.3 Å². The predicted octanol–water partition coefficient (Wildman–Crippen LogP) is 5.80. The number of phenols is 1. The number of hydrogen-bond donors (Lipinski definition) is 3. The number of alkyl halides is 3. The molecule has 0 aliphatic carbocycles. The average Bonchev–Trinajstić information content (AvgIpc) is 2.68. The molecule has 4 nitrogen and oxygen atoms in total. The van der Waals surface area contributed by atoms with Crippen molar-refractivity contribution in [2.45, 2.75) is 13.1 Å². The van der Waals surface area contributed by atoms with E-state index in [1.807, 2.05) is 6.92 Å². The lowest BCUT2D eigenvalue weighted by Crippen LogP contribution is -2.13. The van der Waals surface area contributed by atoms with Crippen molar-refractivity contribution in [3.63, 3.8) is 0 Å². The van der Waals surface area contributed by atoms with E-state index < -0.39 is 11.7 Å². The van der Waals surface area contributed by atoms with Gasteiger partial charge in [-0.15, -0.1) is 0 Å². The molecule has 0 fully saturated rings. The third-order valence-electron chi connectivity index (χ3n) is 4.45. The number of benzene rings is 3. The molecule has 0 unspecified atom stereocenters. The molecule has 3 rings (SSSR count). The lowest BCUT2D eigenvalue weighted by Gasteiger charge is -2.16. The van der Waals surface area contributed by atoms with Crippen molar-refractivity contribution in [3.8, 4) is 28.0 Å². The molecule has 0 amide bonds. The van der Waals surface area contributed by atoms with Crippen molar-refractivity contribution in [1.29, 1.82) is 0 Å². The number of halogens is 4. The molecule has 150 valence electrons. The number of hydrogen-bond acceptors (Lipinski definition) is 3. The van der Waals surface area contributed by atoms with Crippen LogP contribution in [-0.4, -0.2) is 16.1 Å². The Morgan fingerprint density at radius 3 is 2.34 bits per heavy atom. The highest BCUT2D eigenvalue weighted by molar-refractivity contribution is 6.33. The van der Waals surface area contributed by atoms with Crippen molar-refractivity contribution in [2.75, 3.05) is 0 Å². The molecule has 0 saturated heterocycles. The molecule has 29 heavy (non-hydrogen) atoms. The topological polar surface area (TPSA) is 78.8 Å². The molecule has 0 spiro atoms. The monoisotopic (exact) mass is 420 g/mol. The largest absolute Gasteiger partial charge is 0.507 e. The summed E-state index contributed by atoms with van der Waals surface area (Å²) in [6.07, 6.45) is -4.55. The standard InChI is InChI=1S/C21H16ClF3N2O2/c1-11-2-6-18(22)16(8-11)14-5-4-13(21(23,24)25)10-15(14)12-3-7-19(28)17(9-12)20(26)27-29/h2-10,28-29H,1H3,(H2,26,27). The van der Waals surface area contributed by atoms with Gasteiger partial charge in [-0.2, -0.15) is 13.2 Å². The fourth-order valence-corrected chi connectivity index (χ4v) is 3.22. The molecule has 0 heterocycles. The molecule has 4 N–H and O–H groups in total. The molecule has 0 aromatic heterocycles. The number of nitrogens with two attached hydrogens (primary N) is 1. The van der Waals surface area contributed by atoms with Crippen molar-refractivity contribution in [2.24, 2.45) is 10.9 Å².